The number of β-amino-alcohol motifs (C(OH)–C–C–N with tert-alkyl or cyclic N) is 1. The summed E-state index contributed by atoms with van der Waals surface area (Å²) in [5.41, 5.74) is 6.37. The summed E-state index contributed by atoms with van der Waals surface area (Å²) in [6, 6.07) is 18.4. The molecule has 0 bridgehead atoms. The lowest BCUT2D eigenvalue weighted by Gasteiger charge is -2.39. The molecule has 11 nitrogen and oxygen atoms in total. The van der Waals surface area contributed by atoms with E-state index in [4.69, 9.17) is 19.4 Å². The topological polar surface area (TPSA) is 152 Å². The molecule has 2 saturated heterocycles. The van der Waals surface area contributed by atoms with Gasteiger partial charge >= 0.3 is 5.97 Å². The molecule has 3 aromatic heterocycles. The number of fused-ring (bicyclic) bond motifs is 2. The van der Waals surface area contributed by atoms with Gasteiger partial charge in [0.1, 0.15) is 22.6 Å². The van der Waals surface area contributed by atoms with Crippen molar-refractivity contribution in [3.05, 3.63) is 113 Å². The highest BCUT2D eigenvalue weighted by Crippen LogP contribution is 2.46. The Hall–Kier alpha value is -5.41. The van der Waals surface area contributed by atoms with Gasteiger partial charge in [-0.2, -0.15) is 5.26 Å². The summed E-state index contributed by atoms with van der Waals surface area (Å²) < 4.78 is 6.65. The van der Waals surface area contributed by atoms with Gasteiger partial charge in [0.05, 0.1) is 17.6 Å². The van der Waals surface area contributed by atoms with Crippen LogP contribution in [0.4, 0.5) is 5.82 Å². The molecule has 0 amide bonds. The van der Waals surface area contributed by atoms with E-state index in [2.05, 4.69) is 59.3 Å². The summed E-state index contributed by atoms with van der Waals surface area (Å²) in [6.45, 7) is 8.09. The van der Waals surface area contributed by atoms with E-state index in [9.17, 15) is 20.3 Å². The van der Waals surface area contributed by atoms with Crippen LogP contribution in [0.2, 0.25) is 0 Å². The maximum Gasteiger partial charge on any atom is 0.307 e. The highest BCUT2D eigenvalue weighted by atomic mass is 16.4. The number of anilines is 1. The number of aliphatic hydroxyl groups is 1. The van der Waals surface area contributed by atoms with Crippen molar-refractivity contribution in [2.75, 3.05) is 31.5 Å². The zero-order valence-corrected chi connectivity index (χ0v) is 29.3. The Bertz CT molecular complexity index is 2290. The van der Waals surface area contributed by atoms with Crippen molar-refractivity contribution in [2.45, 2.75) is 51.4 Å². The second-order valence-corrected chi connectivity index (χ2v) is 14.4. The summed E-state index contributed by atoms with van der Waals surface area (Å²) in [4.78, 5) is 30.7. The molecule has 264 valence electrons. The third kappa shape index (κ3) is 6.13. The number of aliphatic hydroxyl groups excluding tert-OH is 1. The number of nitrogens with zero attached hydrogens (tertiary/aromatic N) is 6. The Morgan fingerprint density at radius 3 is 2.65 bits per heavy atom. The molecule has 5 aromatic rings. The second-order valence-electron chi connectivity index (χ2n) is 14.4. The number of hydrogen-bond donors (Lipinski definition) is 3. The Labute approximate surface area is 301 Å². The Morgan fingerprint density at radius 1 is 1.08 bits per heavy atom. The maximum absolute atomic E-state index is 11.6. The Kier molecular flexibility index (Phi) is 8.83. The number of carboxylic acid groups (broad SMARTS) is 1. The first-order valence-corrected chi connectivity index (χ1v) is 17.9. The van der Waals surface area contributed by atoms with Crippen LogP contribution >= 0.6 is 0 Å². The lowest BCUT2D eigenvalue weighted by atomic mass is 9.73. The number of aromatic nitrogens is 3. The van der Waals surface area contributed by atoms with Gasteiger partial charge in [-0.15, -0.1) is 0 Å². The molecule has 4 atom stereocenters. The van der Waals surface area contributed by atoms with Gasteiger partial charge in [0.15, 0.2) is 11.4 Å². The van der Waals surface area contributed by atoms with Gasteiger partial charge in [-0.3, -0.25) is 19.6 Å². The first kappa shape index (κ1) is 33.7. The standard InChI is InChI=1S/C41H41N7O4/c1-25-6-3-4-7-32(25)33-8-5-13-41(26(33)2,46-38-36-34(10-15-44-38)28(9-14-43-36)22-48-17-12-31(49)24-48)40-45-35-19-27(18-30(20-42)37(35)52-40)21-47-16-11-29(23-47)39(50)51/h3-10,13-15,18-19,26,29,31,49H,11-12,16-17,21-24H2,1-2H3,(H,44,46)(H,50,51)/t26?,29-,31-,41?/m0/s1. The SMILES string of the molecule is Cc1ccccc1C1=CC=CC(Nc2nccc3c(CN4CC[C@H](O)C4)ccnc23)(c2nc3cc(CN4CC[C@H](C(=O)O)C4)cc(C#N)c3o2)C1C. The number of aryl methyl sites for hydroxylation is 1. The number of pyridine rings is 2. The number of hydrogen-bond acceptors (Lipinski definition) is 10. The van der Waals surface area contributed by atoms with Gasteiger partial charge in [-0.1, -0.05) is 43.3 Å². The van der Waals surface area contributed by atoms with Crippen LogP contribution in [0.25, 0.3) is 27.6 Å². The summed E-state index contributed by atoms with van der Waals surface area (Å²) in [6.07, 6.45) is 10.9. The number of benzene rings is 2. The minimum Gasteiger partial charge on any atom is -0.481 e. The second kappa shape index (κ2) is 13.6. The normalized spacial score (nSPS) is 23.7. The van der Waals surface area contributed by atoms with E-state index >= 15 is 0 Å². The maximum atomic E-state index is 11.6. The number of nitrogens with one attached hydrogen (secondary N) is 1. The predicted molar refractivity (Wildman–Crippen MR) is 198 cm³/mol. The van der Waals surface area contributed by atoms with Crippen LogP contribution in [0, 0.1) is 30.1 Å². The smallest absolute Gasteiger partial charge is 0.307 e. The molecule has 2 aromatic carbocycles. The molecule has 2 unspecified atom stereocenters. The molecule has 2 fully saturated rings. The molecule has 3 aliphatic rings. The Morgan fingerprint density at radius 2 is 1.88 bits per heavy atom. The van der Waals surface area contributed by atoms with Gasteiger partial charge in [0.2, 0.25) is 5.89 Å². The van der Waals surface area contributed by atoms with Crippen molar-refractivity contribution >= 4 is 39.4 Å². The van der Waals surface area contributed by atoms with Gasteiger partial charge < -0.3 is 19.9 Å². The fourth-order valence-corrected chi connectivity index (χ4v) is 8.15. The van der Waals surface area contributed by atoms with E-state index in [1.165, 1.54) is 0 Å². The molecule has 11 heteroatoms. The molecular formula is C41H41N7O4. The van der Waals surface area contributed by atoms with E-state index in [0.29, 0.717) is 73.0 Å². The molecular weight excluding hydrogens is 654 g/mol. The fraction of sp³-hybridized carbons (Fsp3) is 0.341. The molecule has 8 rings (SSSR count). The summed E-state index contributed by atoms with van der Waals surface area (Å²) >= 11 is 0. The number of carbonyl (C=O) groups is 1. The highest BCUT2D eigenvalue weighted by Gasteiger charge is 2.45. The van der Waals surface area contributed by atoms with Crippen LogP contribution in [0.15, 0.2) is 83.6 Å². The minimum atomic E-state index is -1.03. The number of carboxylic acids is 1. The lowest BCUT2D eigenvalue weighted by Crippen LogP contribution is -2.42. The average molecular weight is 696 g/mol. The summed E-state index contributed by atoms with van der Waals surface area (Å²) in [7, 11) is 0. The first-order valence-electron chi connectivity index (χ1n) is 17.9. The van der Waals surface area contributed by atoms with Crippen LogP contribution in [0.5, 0.6) is 0 Å². The van der Waals surface area contributed by atoms with Crippen molar-refractivity contribution in [2.24, 2.45) is 11.8 Å². The molecule has 0 spiro atoms. The molecule has 0 saturated carbocycles. The number of nitriles is 1. The summed E-state index contributed by atoms with van der Waals surface area (Å²) in [5, 5.41) is 34.7. The predicted octanol–water partition coefficient (Wildman–Crippen LogP) is 6.02. The van der Waals surface area contributed by atoms with Crippen molar-refractivity contribution in [1.29, 1.82) is 5.26 Å². The zero-order chi connectivity index (χ0) is 36.0. The van der Waals surface area contributed by atoms with Crippen LogP contribution in [-0.4, -0.2) is 73.2 Å². The number of likely N-dealkylation sites (tertiary alicyclic amines) is 2. The van der Waals surface area contributed by atoms with E-state index in [0.717, 1.165) is 46.2 Å². The van der Waals surface area contributed by atoms with E-state index in [-0.39, 0.29) is 17.9 Å². The molecule has 0 radical (unpaired) electrons. The van der Waals surface area contributed by atoms with Gasteiger partial charge in [0.25, 0.3) is 0 Å². The monoisotopic (exact) mass is 695 g/mol. The van der Waals surface area contributed by atoms with Crippen molar-refractivity contribution in [3.63, 3.8) is 0 Å². The third-order valence-electron chi connectivity index (χ3n) is 11.0. The number of allylic oxidation sites excluding steroid dienone is 2. The average Bonchev–Trinajstić information content (AvgIpc) is 3.90. The van der Waals surface area contributed by atoms with Gasteiger partial charge in [0, 0.05) is 56.4 Å². The first-order chi connectivity index (χ1) is 25.2. The third-order valence-corrected chi connectivity index (χ3v) is 11.0. The number of aliphatic carboxylic acids is 1. The van der Waals surface area contributed by atoms with Gasteiger partial charge in [-0.25, -0.2) is 9.97 Å². The van der Waals surface area contributed by atoms with Crippen LogP contribution in [0.1, 0.15) is 53.5 Å². The lowest BCUT2D eigenvalue weighted by molar-refractivity contribution is -0.141. The summed E-state index contributed by atoms with van der Waals surface area (Å²) in [5.74, 6) is -0.399. The largest absolute Gasteiger partial charge is 0.481 e. The van der Waals surface area contributed by atoms with Crippen LogP contribution < -0.4 is 5.32 Å². The van der Waals surface area contributed by atoms with Crippen LogP contribution in [0.3, 0.4) is 0 Å². The van der Waals surface area contributed by atoms with E-state index in [1.54, 1.807) is 6.20 Å². The van der Waals surface area contributed by atoms with Crippen molar-refractivity contribution < 1.29 is 19.4 Å². The quantitative estimate of drug-likeness (QED) is 0.166. The highest BCUT2D eigenvalue weighted by molar-refractivity contribution is 5.91. The Balaban J connectivity index is 1.22. The molecule has 1 aliphatic carbocycles. The van der Waals surface area contributed by atoms with Gasteiger partial charge in [-0.05, 0) is 84.5 Å². The van der Waals surface area contributed by atoms with Crippen molar-refractivity contribution in [3.8, 4) is 6.07 Å². The molecule has 5 heterocycles. The molecule has 2 aliphatic heterocycles. The zero-order valence-electron chi connectivity index (χ0n) is 29.3. The fourth-order valence-electron chi connectivity index (χ4n) is 8.15. The number of oxazole rings is 1. The van der Waals surface area contributed by atoms with E-state index < -0.39 is 11.5 Å². The van der Waals surface area contributed by atoms with Crippen molar-refractivity contribution in [1.82, 2.24) is 24.8 Å². The minimum absolute atomic E-state index is 0.208. The molecule has 3 N–H and O–H groups in total. The van der Waals surface area contributed by atoms with Crippen LogP contribution in [-0.2, 0) is 23.4 Å². The van der Waals surface area contributed by atoms with E-state index in [1.807, 2.05) is 48.7 Å². The number of rotatable bonds is 9. The molecule has 52 heavy (non-hydrogen) atoms.